The van der Waals surface area contributed by atoms with Crippen LogP contribution in [-0.4, -0.2) is 37.1 Å². The van der Waals surface area contributed by atoms with Gasteiger partial charge in [0.15, 0.2) is 5.82 Å². The molecule has 1 amide bonds. The first-order valence-electron chi connectivity index (χ1n) is 5.01. The van der Waals surface area contributed by atoms with Crippen LogP contribution >= 0.6 is 11.5 Å². The molecule has 0 atom stereocenters. The fourth-order valence-electron chi connectivity index (χ4n) is 1.29. The van der Waals surface area contributed by atoms with Crippen molar-refractivity contribution in [1.82, 2.24) is 9.69 Å². The number of nitrogen functional groups attached to an aromatic ring is 1. The Labute approximate surface area is 106 Å². The zero-order chi connectivity index (χ0) is 13.9. The summed E-state index contributed by atoms with van der Waals surface area (Å²) < 4.78 is 40.1. The molecule has 0 aliphatic carbocycles. The van der Waals surface area contributed by atoms with Crippen molar-refractivity contribution in [2.45, 2.75) is 12.6 Å². The van der Waals surface area contributed by atoms with Crippen LogP contribution in [0.2, 0.25) is 0 Å². The van der Waals surface area contributed by atoms with E-state index in [1.807, 2.05) is 0 Å². The molecule has 0 aliphatic heterocycles. The minimum atomic E-state index is -4.24. The normalized spacial score (nSPS) is 11.4. The van der Waals surface area contributed by atoms with E-state index in [2.05, 4.69) is 9.69 Å². The van der Waals surface area contributed by atoms with Crippen LogP contribution in [0.3, 0.4) is 0 Å². The molecule has 0 aliphatic rings. The molecule has 3 N–H and O–H groups in total. The van der Waals surface area contributed by atoms with E-state index in [1.165, 1.54) is 19.0 Å². The molecule has 9 heteroatoms. The predicted octanol–water partition coefficient (Wildman–Crippen LogP) is 1.47. The van der Waals surface area contributed by atoms with Crippen molar-refractivity contribution >= 4 is 28.3 Å². The van der Waals surface area contributed by atoms with Gasteiger partial charge in [0.25, 0.3) is 5.91 Å². The number of anilines is 2. The Morgan fingerprint density at radius 2 is 2.17 bits per heavy atom. The number of carbonyl (C=O) groups is 1. The standard InChI is InChI=1S/C9H13F3N4OS/c1-14-7(17)5-6(13)15-18-8(5)16(2)4-3-9(10,11)12/h3-4H2,1-2H3,(H2,13,15)(H,14,17). The summed E-state index contributed by atoms with van der Waals surface area (Å²) in [7, 11) is 2.88. The minimum Gasteiger partial charge on any atom is -0.382 e. The number of alkyl halides is 3. The van der Waals surface area contributed by atoms with E-state index in [4.69, 9.17) is 5.73 Å². The quantitative estimate of drug-likeness (QED) is 0.877. The maximum Gasteiger partial charge on any atom is 0.390 e. The molecule has 0 saturated heterocycles. The van der Waals surface area contributed by atoms with E-state index in [0.29, 0.717) is 5.00 Å². The highest BCUT2D eigenvalue weighted by Crippen LogP contribution is 2.30. The maximum absolute atomic E-state index is 12.1. The Morgan fingerprint density at radius 1 is 1.56 bits per heavy atom. The zero-order valence-electron chi connectivity index (χ0n) is 9.84. The van der Waals surface area contributed by atoms with Gasteiger partial charge in [-0.1, -0.05) is 0 Å². The van der Waals surface area contributed by atoms with Crippen molar-refractivity contribution in [1.29, 1.82) is 0 Å². The number of nitrogens with zero attached hydrogens (tertiary/aromatic N) is 2. The molecular formula is C9H13F3N4OS. The van der Waals surface area contributed by atoms with Crippen LogP contribution in [0.15, 0.2) is 0 Å². The van der Waals surface area contributed by atoms with Gasteiger partial charge in [-0.05, 0) is 11.5 Å². The molecule has 1 heterocycles. The number of amides is 1. The molecule has 1 aromatic rings. The van der Waals surface area contributed by atoms with Crippen LogP contribution in [0.5, 0.6) is 0 Å². The number of aromatic nitrogens is 1. The fraction of sp³-hybridized carbons (Fsp3) is 0.556. The van der Waals surface area contributed by atoms with Crippen LogP contribution in [0.4, 0.5) is 24.0 Å². The van der Waals surface area contributed by atoms with Gasteiger partial charge >= 0.3 is 6.18 Å². The third-order valence-electron chi connectivity index (χ3n) is 2.23. The van der Waals surface area contributed by atoms with E-state index in [0.717, 1.165) is 11.5 Å². The summed E-state index contributed by atoms with van der Waals surface area (Å²) in [6.45, 7) is -0.255. The van der Waals surface area contributed by atoms with Gasteiger partial charge in [-0.2, -0.15) is 17.5 Å². The van der Waals surface area contributed by atoms with Gasteiger partial charge < -0.3 is 16.0 Å². The van der Waals surface area contributed by atoms with E-state index in [-0.39, 0.29) is 17.9 Å². The molecule has 0 spiro atoms. The van der Waals surface area contributed by atoms with Gasteiger partial charge in [-0.15, -0.1) is 0 Å². The van der Waals surface area contributed by atoms with E-state index in [9.17, 15) is 18.0 Å². The molecule has 18 heavy (non-hydrogen) atoms. The Kier molecular flexibility index (Phi) is 4.38. The Balaban J connectivity index is 2.86. The first-order valence-corrected chi connectivity index (χ1v) is 5.78. The lowest BCUT2D eigenvalue weighted by atomic mass is 10.2. The summed E-state index contributed by atoms with van der Waals surface area (Å²) in [5.74, 6) is -0.441. The van der Waals surface area contributed by atoms with E-state index in [1.54, 1.807) is 0 Å². The highest BCUT2D eigenvalue weighted by atomic mass is 32.1. The van der Waals surface area contributed by atoms with Crippen LogP contribution in [-0.2, 0) is 0 Å². The number of hydrogen-bond donors (Lipinski definition) is 2. The molecule has 0 radical (unpaired) electrons. The number of rotatable bonds is 4. The fourth-order valence-corrected chi connectivity index (χ4v) is 2.08. The lowest BCUT2D eigenvalue weighted by Gasteiger charge is -2.19. The smallest absolute Gasteiger partial charge is 0.382 e. The molecule has 0 bridgehead atoms. The Morgan fingerprint density at radius 3 is 2.67 bits per heavy atom. The maximum atomic E-state index is 12.1. The largest absolute Gasteiger partial charge is 0.390 e. The summed E-state index contributed by atoms with van der Waals surface area (Å²) in [5.41, 5.74) is 5.64. The van der Waals surface area contributed by atoms with Gasteiger partial charge in [-0.25, -0.2) is 0 Å². The third kappa shape index (κ3) is 3.49. The predicted molar refractivity (Wildman–Crippen MR) is 63.9 cm³/mol. The molecular weight excluding hydrogens is 269 g/mol. The minimum absolute atomic E-state index is 0.0215. The summed E-state index contributed by atoms with van der Waals surface area (Å²) in [6.07, 6.45) is -5.20. The average molecular weight is 282 g/mol. The summed E-state index contributed by atoms with van der Waals surface area (Å²) >= 11 is 0.901. The Bertz CT molecular complexity index is 432. The van der Waals surface area contributed by atoms with Gasteiger partial charge in [0.2, 0.25) is 0 Å². The van der Waals surface area contributed by atoms with Crippen molar-refractivity contribution in [2.24, 2.45) is 0 Å². The molecule has 5 nitrogen and oxygen atoms in total. The summed E-state index contributed by atoms with van der Waals surface area (Å²) in [4.78, 5) is 12.9. The molecule has 0 fully saturated rings. The lowest BCUT2D eigenvalue weighted by Crippen LogP contribution is -2.27. The second-order valence-electron chi connectivity index (χ2n) is 3.61. The van der Waals surface area contributed by atoms with Gasteiger partial charge in [0.05, 0.1) is 6.42 Å². The van der Waals surface area contributed by atoms with Crippen LogP contribution in [0, 0.1) is 0 Å². The van der Waals surface area contributed by atoms with E-state index >= 15 is 0 Å². The molecule has 0 saturated carbocycles. The zero-order valence-corrected chi connectivity index (χ0v) is 10.7. The van der Waals surface area contributed by atoms with Crippen LogP contribution < -0.4 is 16.0 Å². The highest BCUT2D eigenvalue weighted by molar-refractivity contribution is 7.11. The number of hydrogen-bond acceptors (Lipinski definition) is 5. The summed E-state index contributed by atoms with van der Waals surface area (Å²) in [5, 5.41) is 2.70. The molecule has 0 unspecified atom stereocenters. The first-order chi connectivity index (χ1) is 8.26. The molecule has 0 aromatic carbocycles. The first kappa shape index (κ1) is 14.6. The second kappa shape index (κ2) is 5.42. The lowest BCUT2D eigenvalue weighted by molar-refractivity contribution is -0.132. The monoisotopic (exact) mass is 282 g/mol. The van der Waals surface area contributed by atoms with Gasteiger partial charge in [0.1, 0.15) is 10.6 Å². The highest BCUT2D eigenvalue weighted by Gasteiger charge is 2.29. The van der Waals surface area contributed by atoms with Crippen molar-refractivity contribution < 1.29 is 18.0 Å². The summed E-state index contributed by atoms with van der Waals surface area (Å²) in [6, 6.07) is 0. The molecule has 1 aromatic heterocycles. The van der Waals surface area contributed by atoms with Gasteiger partial charge in [-0.3, -0.25) is 4.79 Å². The topological polar surface area (TPSA) is 71.2 Å². The van der Waals surface area contributed by atoms with Crippen molar-refractivity contribution in [3.63, 3.8) is 0 Å². The van der Waals surface area contributed by atoms with Crippen LogP contribution in [0.25, 0.3) is 0 Å². The number of nitrogens with one attached hydrogen (secondary N) is 1. The van der Waals surface area contributed by atoms with Crippen molar-refractivity contribution in [3.8, 4) is 0 Å². The molecule has 1 rings (SSSR count). The van der Waals surface area contributed by atoms with Crippen molar-refractivity contribution in [3.05, 3.63) is 5.56 Å². The van der Waals surface area contributed by atoms with Crippen molar-refractivity contribution in [2.75, 3.05) is 31.3 Å². The SMILES string of the molecule is CNC(=O)c1c(N)nsc1N(C)CCC(F)(F)F. The van der Waals surface area contributed by atoms with Crippen LogP contribution in [0.1, 0.15) is 16.8 Å². The molecule has 102 valence electrons. The third-order valence-corrected chi connectivity index (χ3v) is 3.21. The van der Waals surface area contributed by atoms with Gasteiger partial charge in [0, 0.05) is 20.6 Å². The number of nitrogens with two attached hydrogens (primary N) is 1. The number of carbonyl (C=O) groups excluding carboxylic acids is 1. The average Bonchev–Trinajstić information content (AvgIpc) is 2.66. The number of halogens is 3. The second-order valence-corrected chi connectivity index (χ2v) is 4.37. The van der Waals surface area contributed by atoms with E-state index < -0.39 is 18.5 Å². The Hall–Kier alpha value is -1.51.